The number of rotatable bonds is 5. The molecule has 0 atom stereocenters. The van der Waals surface area contributed by atoms with Crippen molar-refractivity contribution < 1.29 is 9.90 Å². The largest absolute Gasteiger partial charge is 0.481 e. The van der Waals surface area contributed by atoms with E-state index in [4.69, 9.17) is 5.11 Å². The predicted octanol–water partition coefficient (Wildman–Crippen LogP) is 1.77. The summed E-state index contributed by atoms with van der Waals surface area (Å²) in [4.78, 5) is 15.4. The Kier molecular flexibility index (Phi) is 3.09. The van der Waals surface area contributed by atoms with Crippen molar-refractivity contribution in [3.05, 3.63) is 5.82 Å². The summed E-state index contributed by atoms with van der Waals surface area (Å²) >= 11 is 1.30. The van der Waals surface area contributed by atoms with Crippen molar-refractivity contribution in [2.24, 2.45) is 5.41 Å². The first-order valence-electron chi connectivity index (χ1n) is 5.46. The third kappa shape index (κ3) is 2.02. The fraction of sp³-hybridized carbons (Fsp3) is 0.700. The lowest BCUT2D eigenvalue weighted by Gasteiger charge is -2.37. The van der Waals surface area contributed by atoms with Crippen LogP contribution in [0.25, 0.3) is 0 Å². The van der Waals surface area contributed by atoms with Crippen LogP contribution in [0.5, 0.6) is 0 Å². The van der Waals surface area contributed by atoms with E-state index in [0.29, 0.717) is 6.54 Å². The minimum atomic E-state index is -0.702. The topological polar surface area (TPSA) is 75.1 Å². The molecule has 88 valence electrons. The van der Waals surface area contributed by atoms with Gasteiger partial charge in [0.1, 0.15) is 5.82 Å². The molecule has 1 aromatic rings. The molecule has 1 aliphatic carbocycles. The van der Waals surface area contributed by atoms with Gasteiger partial charge in [-0.15, -0.1) is 0 Å². The van der Waals surface area contributed by atoms with Crippen LogP contribution in [-0.2, 0) is 11.2 Å². The van der Waals surface area contributed by atoms with E-state index in [-0.39, 0.29) is 0 Å². The number of nitrogens with one attached hydrogen (secondary N) is 1. The van der Waals surface area contributed by atoms with Gasteiger partial charge in [-0.25, -0.2) is 4.98 Å². The van der Waals surface area contributed by atoms with Crippen LogP contribution in [0.3, 0.4) is 0 Å². The molecule has 0 radical (unpaired) electrons. The Bertz CT molecular complexity index is 387. The van der Waals surface area contributed by atoms with Crippen molar-refractivity contribution in [1.82, 2.24) is 9.36 Å². The van der Waals surface area contributed by atoms with Crippen molar-refractivity contribution in [1.29, 1.82) is 0 Å². The Balaban J connectivity index is 1.93. The van der Waals surface area contributed by atoms with Gasteiger partial charge in [0, 0.05) is 24.5 Å². The number of aryl methyl sites for hydroxylation is 1. The molecule has 2 rings (SSSR count). The van der Waals surface area contributed by atoms with E-state index in [1.54, 1.807) is 0 Å². The molecule has 0 saturated heterocycles. The first kappa shape index (κ1) is 11.3. The van der Waals surface area contributed by atoms with Crippen LogP contribution >= 0.6 is 11.5 Å². The second-order valence-corrected chi connectivity index (χ2v) is 4.91. The van der Waals surface area contributed by atoms with E-state index in [1.807, 2.05) is 6.92 Å². The molecule has 16 heavy (non-hydrogen) atoms. The summed E-state index contributed by atoms with van der Waals surface area (Å²) in [6, 6.07) is 0. The summed E-state index contributed by atoms with van der Waals surface area (Å²) in [5.74, 6) is 0.108. The number of carboxylic acids is 1. The van der Waals surface area contributed by atoms with E-state index in [1.165, 1.54) is 11.5 Å². The molecule has 1 saturated carbocycles. The Hall–Kier alpha value is -1.17. The number of aromatic nitrogens is 2. The van der Waals surface area contributed by atoms with E-state index < -0.39 is 11.4 Å². The molecule has 0 spiro atoms. The zero-order valence-electron chi connectivity index (χ0n) is 9.19. The molecule has 1 heterocycles. The molecule has 1 aromatic heterocycles. The molecule has 0 aliphatic heterocycles. The standard InChI is InChI=1S/C10H15N3O2S/c1-2-7-12-9(16-13-7)11-6-10(8(14)15)4-3-5-10/h2-6H2,1H3,(H,14,15)(H,11,12,13). The van der Waals surface area contributed by atoms with E-state index in [2.05, 4.69) is 14.7 Å². The molecular weight excluding hydrogens is 226 g/mol. The van der Waals surface area contributed by atoms with Crippen LogP contribution in [0.15, 0.2) is 0 Å². The van der Waals surface area contributed by atoms with Crippen molar-refractivity contribution in [3.8, 4) is 0 Å². The maximum Gasteiger partial charge on any atom is 0.311 e. The Morgan fingerprint density at radius 3 is 2.81 bits per heavy atom. The number of aliphatic carboxylic acids is 1. The van der Waals surface area contributed by atoms with Gasteiger partial charge < -0.3 is 10.4 Å². The predicted molar refractivity (Wildman–Crippen MR) is 61.7 cm³/mol. The molecule has 6 heteroatoms. The highest BCUT2D eigenvalue weighted by atomic mass is 32.1. The summed E-state index contributed by atoms with van der Waals surface area (Å²) in [5, 5.41) is 13.0. The number of carbonyl (C=O) groups is 1. The molecule has 5 nitrogen and oxygen atoms in total. The SMILES string of the molecule is CCc1nsc(NCC2(C(=O)O)CCC2)n1. The lowest BCUT2D eigenvalue weighted by atomic mass is 9.69. The quantitative estimate of drug-likeness (QED) is 0.821. The second-order valence-electron chi connectivity index (χ2n) is 4.16. The number of nitrogens with zero attached hydrogens (tertiary/aromatic N) is 2. The highest BCUT2D eigenvalue weighted by molar-refractivity contribution is 7.09. The van der Waals surface area contributed by atoms with E-state index in [0.717, 1.165) is 36.6 Å². The lowest BCUT2D eigenvalue weighted by Crippen LogP contribution is -2.43. The maximum absolute atomic E-state index is 11.1. The lowest BCUT2D eigenvalue weighted by molar-refractivity contribution is -0.153. The highest BCUT2D eigenvalue weighted by Crippen LogP contribution is 2.41. The van der Waals surface area contributed by atoms with Crippen LogP contribution in [-0.4, -0.2) is 27.0 Å². The summed E-state index contributed by atoms with van der Waals surface area (Å²) in [7, 11) is 0. The van der Waals surface area contributed by atoms with Gasteiger partial charge in [0.15, 0.2) is 0 Å². The number of carboxylic acid groups (broad SMARTS) is 1. The molecule has 0 aromatic carbocycles. The minimum absolute atomic E-state index is 0.459. The number of hydrogen-bond donors (Lipinski definition) is 2. The fourth-order valence-electron chi connectivity index (χ4n) is 1.78. The van der Waals surface area contributed by atoms with Crippen molar-refractivity contribution in [2.45, 2.75) is 32.6 Å². The third-order valence-corrected chi connectivity index (χ3v) is 3.84. The first-order chi connectivity index (χ1) is 7.66. The van der Waals surface area contributed by atoms with Crippen LogP contribution in [0.1, 0.15) is 32.0 Å². The first-order valence-corrected chi connectivity index (χ1v) is 6.23. The molecule has 0 bridgehead atoms. The maximum atomic E-state index is 11.1. The van der Waals surface area contributed by atoms with Crippen LogP contribution in [0, 0.1) is 5.41 Å². The van der Waals surface area contributed by atoms with Gasteiger partial charge in [0.2, 0.25) is 5.13 Å². The monoisotopic (exact) mass is 241 g/mol. The second kappa shape index (κ2) is 4.37. The zero-order valence-corrected chi connectivity index (χ0v) is 10.0. The number of anilines is 1. The van der Waals surface area contributed by atoms with Gasteiger partial charge in [-0.05, 0) is 12.8 Å². The Morgan fingerprint density at radius 1 is 1.62 bits per heavy atom. The Labute approximate surface area is 98.1 Å². The van der Waals surface area contributed by atoms with Gasteiger partial charge in [0.25, 0.3) is 0 Å². The average Bonchev–Trinajstić information content (AvgIpc) is 2.63. The summed E-state index contributed by atoms with van der Waals surface area (Å²) < 4.78 is 4.14. The van der Waals surface area contributed by atoms with Crippen LogP contribution in [0.4, 0.5) is 5.13 Å². The number of hydrogen-bond acceptors (Lipinski definition) is 5. The van der Waals surface area contributed by atoms with Crippen molar-refractivity contribution in [3.63, 3.8) is 0 Å². The molecule has 2 N–H and O–H groups in total. The molecule has 0 amide bonds. The summed E-state index contributed by atoms with van der Waals surface area (Å²) in [6.45, 7) is 2.46. The summed E-state index contributed by atoms with van der Waals surface area (Å²) in [6.07, 6.45) is 3.33. The Morgan fingerprint density at radius 2 is 2.38 bits per heavy atom. The van der Waals surface area contributed by atoms with Gasteiger partial charge >= 0.3 is 5.97 Å². The van der Waals surface area contributed by atoms with Crippen LogP contribution < -0.4 is 5.32 Å². The smallest absolute Gasteiger partial charge is 0.311 e. The molecule has 0 unspecified atom stereocenters. The third-order valence-electron chi connectivity index (χ3n) is 3.13. The molecule has 1 fully saturated rings. The van der Waals surface area contributed by atoms with Gasteiger partial charge in [-0.3, -0.25) is 4.79 Å². The van der Waals surface area contributed by atoms with Crippen LogP contribution in [0.2, 0.25) is 0 Å². The van der Waals surface area contributed by atoms with Crippen molar-refractivity contribution in [2.75, 3.05) is 11.9 Å². The molecule has 1 aliphatic rings. The van der Waals surface area contributed by atoms with Gasteiger partial charge in [-0.1, -0.05) is 13.3 Å². The molecular formula is C10H15N3O2S. The minimum Gasteiger partial charge on any atom is -0.481 e. The van der Waals surface area contributed by atoms with Gasteiger partial charge in [0.05, 0.1) is 5.41 Å². The summed E-state index contributed by atoms with van der Waals surface area (Å²) in [5.41, 5.74) is -0.571. The highest BCUT2D eigenvalue weighted by Gasteiger charge is 2.44. The van der Waals surface area contributed by atoms with Crippen molar-refractivity contribution >= 4 is 22.6 Å². The zero-order chi connectivity index (χ0) is 11.6. The van der Waals surface area contributed by atoms with E-state index in [9.17, 15) is 4.79 Å². The van der Waals surface area contributed by atoms with Gasteiger partial charge in [-0.2, -0.15) is 4.37 Å². The normalized spacial score (nSPS) is 17.8. The fourth-order valence-corrected chi connectivity index (χ4v) is 2.43. The average molecular weight is 241 g/mol. The van der Waals surface area contributed by atoms with E-state index >= 15 is 0 Å².